The molecule has 0 saturated carbocycles. The molecule has 0 spiro atoms. The Kier molecular flexibility index (Phi) is 55.0. The van der Waals surface area contributed by atoms with E-state index in [4.69, 9.17) is 13.3 Å². The molecule has 0 aliphatic heterocycles. The average Bonchev–Trinajstić information content (AvgIpc) is 0.855. The van der Waals surface area contributed by atoms with Gasteiger partial charge in [0.2, 0.25) is 0 Å². The number of rotatable bonds is 32. The van der Waals surface area contributed by atoms with Gasteiger partial charge < -0.3 is 20.2 Å². The zero-order chi connectivity index (χ0) is 86.5. The van der Waals surface area contributed by atoms with Gasteiger partial charge in [0.25, 0.3) is 0 Å². The molecule has 0 aromatic heterocycles. The second-order valence-corrected chi connectivity index (χ2v) is 50.0. The van der Waals surface area contributed by atoms with Gasteiger partial charge in [-0.1, -0.05) is 411 Å². The second-order valence-electron chi connectivity index (χ2n) is 35.6. The molecule has 117 heavy (non-hydrogen) atoms. The van der Waals surface area contributed by atoms with E-state index in [0.717, 1.165) is 56.6 Å². The topological polar surface area (TPSA) is 27.7 Å². The zero-order valence-corrected chi connectivity index (χ0v) is 81.0. The molecule has 0 saturated heterocycles. The maximum absolute atomic E-state index is 6.37. The van der Waals surface area contributed by atoms with Crippen molar-refractivity contribution in [1.82, 2.24) is 0 Å². The first-order valence-electron chi connectivity index (χ1n) is 43.7. The van der Waals surface area contributed by atoms with Crippen molar-refractivity contribution >= 4 is 49.3 Å². The number of unbranched alkanes of at least 4 members (excludes halogenated alkanes) is 2. The van der Waals surface area contributed by atoms with Gasteiger partial charge in [0.1, 0.15) is 0 Å². The fourth-order valence-corrected chi connectivity index (χ4v) is 15.0. The van der Waals surface area contributed by atoms with Crippen LogP contribution in [0.5, 0.6) is 0 Å². The molecule has 6 unspecified atom stereocenters. The van der Waals surface area contributed by atoms with Gasteiger partial charge in [-0.25, -0.2) is 0 Å². The van der Waals surface area contributed by atoms with E-state index in [9.17, 15) is 0 Å². The molecule has 7 heteroatoms. The predicted octanol–water partition coefficient (Wildman–Crippen LogP) is 31.5. The molecule has 9 rings (SSSR count). The molecule has 3 nitrogen and oxygen atoms in total. The van der Waals surface area contributed by atoms with E-state index in [-0.39, 0.29) is 18.9 Å². The van der Waals surface area contributed by atoms with Crippen LogP contribution in [0.4, 0.5) is 0 Å². The summed E-state index contributed by atoms with van der Waals surface area (Å²) in [7, 11) is -4.69. The fraction of sp³-hybridized carbons (Fsp3) is 0.418. The van der Waals surface area contributed by atoms with Gasteiger partial charge in [0, 0.05) is 19.8 Å². The van der Waals surface area contributed by atoms with E-state index in [0.29, 0.717) is 50.6 Å². The van der Waals surface area contributed by atoms with Crippen LogP contribution < -0.4 is 18.9 Å². The Morgan fingerprint density at radius 1 is 0.359 bits per heavy atom. The number of allylic oxidation sites excluding steroid dienone is 6. The molecule has 8 aromatic carbocycles. The van der Waals surface area contributed by atoms with Crippen molar-refractivity contribution in [3.05, 3.63) is 362 Å². The van der Waals surface area contributed by atoms with E-state index in [2.05, 4.69) is 366 Å². The predicted molar refractivity (Wildman–Crippen MR) is 529 cm³/mol. The van der Waals surface area contributed by atoms with Crippen molar-refractivity contribution in [2.24, 2.45) is 0 Å². The first kappa shape index (κ1) is 108. The molecule has 1 aliphatic rings. The second kappa shape index (κ2) is 59.6. The number of benzene rings is 8. The van der Waals surface area contributed by atoms with Crippen molar-refractivity contribution in [3.63, 3.8) is 0 Å². The largest absolute Gasteiger partial charge is 1.00 e. The summed E-state index contributed by atoms with van der Waals surface area (Å²) in [6.45, 7) is 71.4. The number of hydrogen-bond acceptors (Lipinski definition) is 3. The summed E-state index contributed by atoms with van der Waals surface area (Å²) in [4.78, 5) is 0. The zero-order valence-electron chi connectivity index (χ0n) is 78.0. The monoisotopic (exact) mass is 1620 g/mol. The van der Waals surface area contributed by atoms with Crippen LogP contribution in [0.2, 0.25) is 54.4 Å². The third-order valence-corrected chi connectivity index (χ3v) is 37.2. The van der Waals surface area contributed by atoms with Crippen LogP contribution in [0.3, 0.4) is 0 Å². The molecule has 8 aromatic rings. The minimum Gasteiger partial charge on any atom is -0.419 e. The first-order valence-corrected chi connectivity index (χ1v) is 52.4. The smallest absolute Gasteiger partial charge is 0.419 e. The van der Waals surface area contributed by atoms with E-state index in [1.54, 1.807) is 0 Å². The van der Waals surface area contributed by atoms with Gasteiger partial charge in [0.05, 0.1) is 0 Å². The molecule has 6 atom stereocenters. The van der Waals surface area contributed by atoms with Crippen LogP contribution in [0.15, 0.2) is 293 Å². The molecule has 0 N–H and O–H groups in total. The van der Waals surface area contributed by atoms with Crippen molar-refractivity contribution < 1.29 is 32.1 Å². The maximum Gasteiger partial charge on any atom is 1.00 e. The Labute approximate surface area is 735 Å². The Morgan fingerprint density at radius 3 is 0.932 bits per heavy atom. The summed E-state index contributed by atoms with van der Waals surface area (Å²) in [5, 5.41) is 0.928. The standard InChI is InChI=1S/C26H40OSi.C25H37OSi.C14H22.C10H14.C10H10.C9H21OSi.2C8H8.Li/c1-22(23-15-9-7-10-16-23)21-25(24-17-11-8-12-18-24)19-13-14-20-27-28(5,6)26(2,3)4;1-25(2,3)27(4,5)26-21-13-12-18-24(23-16-10-7-11-17-23)20-19-22-14-8-6-9-15-22;1-5-11(3)13-7-9-14(10-8-13)12(4)6-2;1-3-9(2)10-7-5-4-6-8-10;1-3-9-5-7-10(4-2)8-6-9;1-7-8-10-11(5,6)9(2,3)4;2*1-2-8-6-4-3-5-7-8;/h7-12,15-18,22,25H,13-14,19-21H2,1-6H3;6-11,14-17,19,24H,12-13,18,20-21H2,1-5H3;7-12H,5-6H2,1-4H3;4-9H,3H2,1-2H3;3-8H,1-2H2;1,7-8H2,2-6H3;2*2-7H,1H2;/q;-1;;;;-1;;;+1. The van der Waals surface area contributed by atoms with Gasteiger partial charge in [0.15, 0.2) is 25.0 Å². The van der Waals surface area contributed by atoms with Crippen LogP contribution in [0, 0.1) is 13.3 Å². The summed E-state index contributed by atoms with van der Waals surface area (Å²) >= 11 is 0. The third kappa shape index (κ3) is 45.2. The molecule has 632 valence electrons. The van der Waals surface area contributed by atoms with Crippen LogP contribution in [0.25, 0.3) is 24.3 Å². The Hall–Kier alpha value is -7.06. The minimum absolute atomic E-state index is 0. The Balaban J connectivity index is 0.000000703. The number of hydrogen-bond donors (Lipinski definition) is 0. The third-order valence-electron chi connectivity index (χ3n) is 23.6. The molecule has 1 aliphatic carbocycles. The van der Waals surface area contributed by atoms with Crippen molar-refractivity contribution in [3.8, 4) is 0 Å². The van der Waals surface area contributed by atoms with Gasteiger partial charge in [-0.15, -0.1) is 30.7 Å². The Morgan fingerprint density at radius 2 is 0.641 bits per heavy atom. The molecular weight excluding hydrogens is 1460 g/mol. The van der Waals surface area contributed by atoms with Crippen LogP contribution in [-0.4, -0.2) is 44.8 Å². The van der Waals surface area contributed by atoms with Crippen LogP contribution in [0.1, 0.15) is 279 Å². The molecule has 0 fully saturated rings. The van der Waals surface area contributed by atoms with Gasteiger partial charge in [-0.3, -0.25) is 0 Å². The van der Waals surface area contributed by atoms with E-state index in [1.807, 2.05) is 109 Å². The quantitative estimate of drug-likeness (QED) is 0.0239. The van der Waals surface area contributed by atoms with E-state index >= 15 is 0 Å². The van der Waals surface area contributed by atoms with E-state index < -0.39 is 25.0 Å². The minimum atomic E-state index is -1.62. The average molecular weight is 1620 g/mol. The summed E-state index contributed by atoms with van der Waals surface area (Å²) in [6.07, 6.45) is 34.5. The van der Waals surface area contributed by atoms with Gasteiger partial charge in [-0.2, -0.15) is 18.1 Å². The molecule has 0 radical (unpaired) electrons. The molecule has 0 bridgehead atoms. The van der Waals surface area contributed by atoms with Crippen molar-refractivity contribution in [2.75, 3.05) is 19.8 Å². The molecule has 0 amide bonds. The van der Waals surface area contributed by atoms with Gasteiger partial charge >= 0.3 is 18.9 Å². The summed E-state index contributed by atoms with van der Waals surface area (Å²) < 4.78 is 18.5. The summed E-state index contributed by atoms with van der Waals surface area (Å²) in [5.74, 6) is 3.88. The summed E-state index contributed by atoms with van der Waals surface area (Å²) in [5.41, 5.74) is 14.7. The van der Waals surface area contributed by atoms with Crippen molar-refractivity contribution in [1.29, 1.82) is 0 Å². The first-order chi connectivity index (χ1) is 55.1. The molecular formula is C110H160LiO3Si3-. The maximum atomic E-state index is 6.37. The SMILES string of the molecule is C=Cc1ccc(C=C)cc1.C=Cc1ccccc1.C=Cc1ccccc1.CC(C)(C)[Si](C)(C)OCCCCC(CC=C1C=CC=C[CH-]1)c1ccccc1.CC(CC(CCCCO[Si](C)(C)C(C)(C)C)c1ccccc1)c1ccccc1.CCC(C)c1ccc(C(C)CC)cc1.CCC(C)c1ccccc1.[CH2-]CCO[Si](C)(C)C(C)(C)C.[Li+]. The van der Waals surface area contributed by atoms with E-state index in [1.165, 1.54) is 101 Å². The normalized spacial score (nSPS) is 13.6. The summed E-state index contributed by atoms with van der Waals surface area (Å²) in [6, 6.07) is 80.9. The van der Waals surface area contributed by atoms with Gasteiger partial charge in [-0.05, 0) is 197 Å². The Bertz CT molecular complexity index is 3800. The van der Waals surface area contributed by atoms with Crippen LogP contribution >= 0.6 is 0 Å². The van der Waals surface area contributed by atoms with Crippen LogP contribution in [-0.2, 0) is 13.3 Å². The van der Waals surface area contributed by atoms with Crippen molar-refractivity contribution in [2.45, 2.75) is 278 Å². The fourth-order valence-electron chi connectivity index (χ4n) is 11.7. The molecule has 0 heterocycles.